The molecule has 2 bridgehead atoms. The molecule has 4 heteroatoms. The van der Waals surface area contributed by atoms with Crippen molar-refractivity contribution < 1.29 is 4.74 Å². The zero-order chi connectivity index (χ0) is 12.4. The molecule has 1 aromatic heterocycles. The Balaban J connectivity index is 1.75. The zero-order valence-electron chi connectivity index (χ0n) is 11.0. The Morgan fingerprint density at radius 3 is 3.06 bits per heavy atom. The summed E-state index contributed by atoms with van der Waals surface area (Å²) in [6.07, 6.45) is 1.88. The summed E-state index contributed by atoms with van der Waals surface area (Å²) < 4.78 is 5.79. The molecular weight excluding hydrogens is 226 g/mol. The van der Waals surface area contributed by atoms with E-state index < -0.39 is 0 Å². The van der Waals surface area contributed by atoms with Gasteiger partial charge in [-0.2, -0.15) is 0 Å². The third-order valence-corrected chi connectivity index (χ3v) is 3.86. The molecule has 2 fully saturated rings. The maximum atomic E-state index is 5.79. The first-order valence-corrected chi connectivity index (χ1v) is 6.71. The molecule has 0 aromatic carbocycles. The van der Waals surface area contributed by atoms with E-state index in [0.29, 0.717) is 12.0 Å². The van der Waals surface area contributed by atoms with Crippen LogP contribution in [0.1, 0.15) is 5.69 Å². The van der Waals surface area contributed by atoms with Crippen LogP contribution in [-0.4, -0.2) is 60.7 Å². The van der Waals surface area contributed by atoms with Crippen LogP contribution in [0.3, 0.4) is 0 Å². The second kappa shape index (κ2) is 5.34. The standard InChI is InChI=1S/C14H21N3O/c1-16-6-12-7-17(14(9-16)11-18-10-12)8-13-4-2-3-5-15-13/h2-5,12,14H,6-11H2,1H3/t12-,14-/m0/s1. The van der Waals surface area contributed by atoms with Crippen molar-refractivity contribution >= 4 is 0 Å². The highest BCUT2D eigenvalue weighted by atomic mass is 16.5. The largest absolute Gasteiger partial charge is 0.379 e. The maximum Gasteiger partial charge on any atom is 0.0634 e. The second-order valence-corrected chi connectivity index (χ2v) is 5.53. The van der Waals surface area contributed by atoms with Crippen LogP contribution < -0.4 is 0 Å². The highest BCUT2D eigenvalue weighted by Gasteiger charge is 2.31. The Morgan fingerprint density at radius 2 is 2.22 bits per heavy atom. The number of aromatic nitrogens is 1. The van der Waals surface area contributed by atoms with Gasteiger partial charge in [-0.1, -0.05) is 6.07 Å². The molecule has 0 saturated carbocycles. The Labute approximate surface area is 109 Å². The molecule has 1 aromatic rings. The van der Waals surface area contributed by atoms with Gasteiger partial charge in [-0.3, -0.25) is 9.88 Å². The lowest BCUT2D eigenvalue weighted by molar-refractivity contribution is 0.0560. The lowest BCUT2D eigenvalue weighted by atomic mass is 10.1. The lowest BCUT2D eigenvalue weighted by Gasteiger charge is -2.29. The van der Waals surface area contributed by atoms with Crippen molar-refractivity contribution in [2.24, 2.45) is 5.92 Å². The van der Waals surface area contributed by atoms with Gasteiger partial charge in [0.2, 0.25) is 0 Å². The van der Waals surface area contributed by atoms with Crippen molar-refractivity contribution in [3.05, 3.63) is 30.1 Å². The van der Waals surface area contributed by atoms with Crippen molar-refractivity contribution in [2.45, 2.75) is 12.6 Å². The summed E-state index contributed by atoms with van der Waals surface area (Å²) in [4.78, 5) is 9.43. The number of hydrogen-bond acceptors (Lipinski definition) is 4. The summed E-state index contributed by atoms with van der Waals surface area (Å²) in [5.74, 6) is 0.631. The number of hydrogen-bond donors (Lipinski definition) is 0. The Morgan fingerprint density at radius 1 is 1.28 bits per heavy atom. The number of rotatable bonds is 2. The van der Waals surface area contributed by atoms with Gasteiger partial charge in [0.1, 0.15) is 0 Å². The van der Waals surface area contributed by atoms with Crippen molar-refractivity contribution in [1.82, 2.24) is 14.8 Å². The Hall–Kier alpha value is -0.970. The number of fused-ring (bicyclic) bond motifs is 3. The molecular formula is C14H21N3O. The minimum absolute atomic E-state index is 0.504. The summed E-state index contributed by atoms with van der Waals surface area (Å²) in [5.41, 5.74) is 1.16. The maximum absolute atomic E-state index is 5.79. The summed E-state index contributed by atoms with van der Waals surface area (Å²) >= 11 is 0. The van der Waals surface area contributed by atoms with Gasteiger partial charge >= 0.3 is 0 Å². The average Bonchev–Trinajstić information content (AvgIpc) is 2.60. The molecule has 0 unspecified atom stereocenters. The van der Waals surface area contributed by atoms with Crippen molar-refractivity contribution in [1.29, 1.82) is 0 Å². The van der Waals surface area contributed by atoms with Gasteiger partial charge in [0, 0.05) is 44.3 Å². The third kappa shape index (κ3) is 2.71. The zero-order valence-corrected chi connectivity index (χ0v) is 11.0. The number of pyridine rings is 1. The van der Waals surface area contributed by atoms with E-state index in [4.69, 9.17) is 4.74 Å². The number of likely N-dealkylation sites (N-methyl/N-ethyl adjacent to an activating group) is 1. The van der Waals surface area contributed by atoms with Gasteiger partial charge < -0.3 is 9.64 Å². The third-order valence-electron chi connectivity index (χ3n) is 3.86. The first-order chi connectivity index (χ1) is 8.81. The van der Waals surface area contributed by atoms with E-state index in [9.17, 15) is 0 Å². The molecule has 18 heavy (non-hydrogen) atoms. The molecule has 2 aliphatic heterocycles. The minimum atomic E-state index is 0.504. The Bertz CT molecular complexity index is 384. The van der Waals surface area contributed by atoms with Crippen molar-refractivity contribution in [2.75, 3.05) is 39.9 Å². The van der Waals surface area contributed by atoms with E-state index in [1.165, 1.54) is 0 Å². The van der Waals surface area contributed by atoms with E-state index >= 15 is 0 Å². The minimum Gasteiger partial charge on any atom is -0.379 e. The fourth-order valence-corrected chi connectivity index (χ4v) is 3.06. The second-order valence-electron chi connectivity index (χ2n) is 5.53. The van der Waals surface area contributed by atoms with Gasteiger partial charge in [-0.15, -0.1) is 0 Å². The van der Waals surface area contributed by atoms with Gasteiger partial charge in [0.25, 0.3) is 0 Å². The van der Waals surface area contributed by atoms with Gasteiger partial charge in [0.15, 0.2) is 0 Å². The van der Waals surface area contributed by atoms with Crippen LogP contribution >= 0.6 is 0 Å². The van der Waals surface area contributed by atoms with Crippen LogP contribution in [0.4, 0.5) is 0 Å². The lowest BCUT2D eigenvalue weighted by Crippen LogP contribution is -2.42. The number of ether oxygens (including phenoxy) is 1. The average molecular weight is 247 g/mol. The van der Waals surface area contributed by atoms with E-state index in [1.807, 2.05) is 12.3 Å². The molecule has 3 heterocycles. The quantitative estimate of drug-likeness (QED) is 0.774. The molecule has 98 valence electrons. The van der Waals surface area contributed by atoms with E-state index in [0.717, 1.165) is 45.1 Å². The molecule has 0 amide bonds. The van der Waals surface area contributed by atoms with Gasteiger partial charge in [0.05, 0.1) is 18.9 Å². The number of nitrogens with zero attached hydrogens (tertiary/aromatic N) is 3. The fraction of sp³-hybridized carbons (Fsp3) is 0.643. The SMILES string of the molecule is CN1C[C@@H]2COC[C@H](C1)N(Cc1ccccn1)C2. The Kier molecular flexibility index (Phi) is 3.59. The molecule has 2 atom stereocenters. The molecule has 2 aliphatic rings. The summed E-state index contributed by atoms with van der Waals surface area (Å²) in [5, 5.41) is 0. The van der Waals surface area contributed by atoms with E-state index in [1.54, 1.807) is 0 Å². The van der Waals surface area contributed by atoms with Crippen LogP contribution in [0.25, 0.3) is 0 Å². The topological polar surface area (TPSA) is 28.6 Å². The smallest absolute Gasteiger partial charge is 0.0634 e. The highest BCUT2D eigenvalue weighted by molar-refractivity contribution is 5.04. The molecule has 0 spiro atoms. The molecule has 0 radical (unpaired) electrons. The molecule has 0 aliphatic carbocycles. The predicted octanol–water partition coefficient (Wildman–Crippen LogP) is 0.844. The van der Waals surface area contributed by atoms with Crippen LogP contribution in [0.15, 0.2) is 24.4 Å². The molecule has 4 nitrogen and oxygen atoms in total. The normalized spacial score (nSPS) is 30.1. The first-order valence-electron chi connectivity index (χ1n) is 6.71. The first kappa shape index (κ1) is 12.1. The summed E-state index contributed by atoms with van der Waals surface area (Å²) in [7, 11) is 2.22. The van der Waals surface area contributed by atoms with Gasteiger partial charge in [-0.05, 0) is 19.2 Å². The highest BCUT2D eigenvalue weighted by Crippen LogP contribution is 2.20. The fourth-order valence-electron chi connectivity index (χ4n) is 3.06. The summed E-state index contributed by atoms with van der Waals surface area (Å²) in [6, 6.07) is 6.65. The summed E-state index contributed by atoms with van der Waals surface area (Å²) in [6.45, 7) is 6.08. The van der Waals surface area contributed by atoms with E-state index in [-0.39, 0.29) is 0 Å². The van der Waals surface area contributed by atoms with Crippen molar-refractivity contribution in [3.8, 4) is 0 Å². The van der Waals surface area contributed by atoms with Crippen LogP contribution in [0.2, 0.25) is 0 Å². The van der Waals surface area contributed by atoms with Crippen molar-refractivity contribution in [3.63, 3.8) is 0 Å². The van der Waals surface area contributed by atoms with E-state index in [2.05, 4.69) is 34.0 Å². The van der Waals surface area contributed by atoms with Crippen LogP contribution in [0, 0.1) is 5.92 Å². The molecule has 3 rings (SSSR count). The van der Waals surface area contributed by atoms with Crippen LogP contribution in [0.5, 0.6) is 0 Å². The monoisotopic (exact) mass is 247 g/mol. The molecule has 0 N–H and O–H groups in total. The van der Waals surface area contributed by atoms with Crippen LogP contribution in [-0.2, 0) is 11.3 Å². The predicted molar refractivity (Wildman–Crippen MR) is 70.2 cm³/mol. The van der Waals surface area contributed by atoms with Gasteiger partial charge in [-0.25, -0.2) is 0 Å². The molecule has 2 saturated heterocycles.